The Labute approximate surface area is 190 Å². The van der Waals surface area contributed by atoms with Crippen molar-refractivity contribution in [2.24, 2.45) is 17.6 Å². The minimum absolute atomic E-state index is 0.0279. The van der Waals surface area contributed by atoms with Crippen molar-refractivity contribution in [2.45, 2.75) is 18.0 Å². The Kier molecular flexibility index (Phi) is 4.50. The fourth-order valence-electron chi connectivity index (χ4n) is 5.52. The quantitative estimate of drug-likeness (QED) is 0.469. The number of rotatable bonds is 4. The summed E-state index contributed by atoms with van der Waals surface area (Å²) in [5.41, 5.74) is 7.23. The van der Waals surface area contributed by atoms with Crippen LogP contribution in [0, 0.1) is 11.8 Å². The number of anilines is 1. The normalized spacial score (nSPS) is 24.8. The summed E-state index contributed by atoms with van der Waals surface area (Å²) in [7, 11) is 0. The number of aromatic amines is 1. The van der Waals surface area contributed by atoms with E-state index in [9.17, 15) is 13.2 Å². The Hall–Kier alpha value is -3.05. The number of fused-ring (bicyclic) bond motifs is 2. The predicted octanol–water partition coefficient (Wildman–Crippen LogP) is 3.85. The fraction of sp³-hybridized carbons (Fsp3) is 0.364. The van der Waals surface area contributed by atoms with Gasteiger partial charge >= 0.3 is 6.18 Å². The van der Waals surface area contributed by atoms with Crippen LogP contribution in [0.2, 0.25) is 0 Å². The highest BCUT2D eigenvalue weighted by Crippen LogP contribution is 2.63. The molecular formula is C22H20F3N7S. The molecule has 0 aromatic carbocycles. The molecule has 7 nitrogen and oxygen atoms in total. The third kappa shape index (κ3) is 3.06. The highest BCUT2D eigenvalue weighted by molar-refractivity contribution is 7.08. The molecule has 33 heavy (non-hydrogen) atoms. The summed E-state index contributed by atoms with van der Waals surface area (Å²) < 4.78 is 40.3. The van der Waals surface area contributed by atoms with Gasteiger partial charge in [-0.05, 0) is 52.8 Å². The number of hydrogen-bond donors (Lipinski definition) is 2. The molecule has 1 saturated heterocycles. The molecule has 1 aliphatic heterocycles. The molecule has 0 radical (unpaired) electrons. The van der Waals surface area contributed by atoms with E-state index in [1.807, 2.05) is 0 Å². The van der Waals surface area contributed by atoms with Crippen LogP contribution in [0.1, 0.15) is 17.7 Å². The van der Waals surface area contributed by atoms with Crippen LogP contribution >= 0.6 is 11.3 Å². The summed E-state index contributed by atoms with van der Waals surface area (Å²) in [5.74, 6) is 1.68. The maximum atomic E-state index is 13.4. The number of nitrogens with zero attached hydrogens (tertiary/aromatic N) is 5. The maximum Gasteiger partial charge on any atom is 0.434 e. The van der Waals surface area contributed by atoms with Crippen LogP contribution in [0.4, 0.5) is 19.0 Å². The van der Waals surface area contributed by atoms with Crippen molar-refractivity contribution in [3.8, 4) is 11.3 Å². The Balaban J connectivity index is 1.30. The van der Waals surface area contributed by atoms with E-state index in [-0.39, 0.29) is 27.8 Å². The van der Waals surface area contributed by atoms with Gasteiger partial charge in [-0.15, -0.1) is 0 Å². The molecule has 5 heterocycles. The van der Waals surface area contributed by atoms with Crippen molar-refractivity contribution >= 4 is 28.3 Å². The van der Waals surface area contributed by atoms with Gasteiger partial charge in [0.05, 0.1) is 11.9 Å². The Morgan fingerprint density at radius 2 is 2.12 bits per heavy atom. The molecule has 0 bridgehead atoms. The number of hydrogen-bond acceptors (Lipinski definition) is 7. The largest absolute Gasteiger partial charge is 0.434 e. The molecule has 0 spiro atoms. The van der Waals surface area contributed by atoms with E-state index >= 15 is 0 Å². The number of halogens is 3. The van der Waals surface area contributed by atoms with Crippen LogP contribution in [0.25, 0.3) is 22.4 Å². The van der Waals surface area contributed by atoms with Gasteiger partial charge in [-0.2, -0.15) is 29.6 Å². The number of nitrogens with two attached hydrogens (primary N) is 1. The summed E-state index contributed by atoms with van der Waals surface area (Å²) >= 11 is 1.69. The molecule has 3 unspecified atom stereocenters. The zero-order valence-corrected chi connectivity index (χ0v) is 18.2. The molecule has 1 aliphatic carbocycles. The maximum absolute atomic E-state index is 13.4. The Bertz CT molecular complexity index is 1320. The zero-order chi connectivity index (χ0) is 22.8. The van der Waals surface area contributed by atoms with Gasteiger partial charge in [-0.25, -0.2) is 9.97 Å². The van der Waals surface area contributed by atoms with E-state index in [0.29, 0.717) is 24.2 Å². The molecule has 2 aliphatic rings. The lowest BCUT2D eigenvalue weighted by Gasteiger charge is -2.26. The number of piperidine rings is 1. The molecule has 170 valence electrons. The second kappa shape index (κ2) is 7.22. The number of thiophene rings is 1. The molecule has 6 rings (SSSR count). The fourth-order valence-corrected chi connectivity index (χ4v) is 6.27. The summed E-state index contributed by atoms with van der Waals surface area (Å²) in [6.45, 7) is 2.26. The van der Waals surface area contributed by atoms with E-state index in [1.54, 1.807) is 17.5 Å². The Morgan fingerprint density at radius 3 is 2.88 bits per heavy atom. The first kappa shape index (κ1) is 20.5. The number of H-pyrrole nitrogens is 1. The van der Waals surface area contributed by atoms with Gasteiger partial charge in [0.1, 0.15) is 11.3 Å². The smallest absolute Gasteiger partial charge is 0.355 e. The average molecular weight is 472 g/mol. The van der Waals surface area contributed by atoms with Gasteiger partial charge in [0.25, 0.3) is 0 Å². The lowest BCUT2D eigenvalue weighted by Crippen LogP contribution is -2.32. The highest BCUT2D eigenvalue weighted by atomic mass is 32.1. The molecule has 3 atom stereocenters. The predicted molar refractivity (Wildman–Crippen MR) is 119 cm³/mol. The van der Waals surface area contributed by atoms with Gasteiger partial charge in [-0.3, -0.25) is 10.1 Å². The van der Waals surface area contributed by atoms with Crippen molar-refractivity contribution < 1.29 is 13.2 Å². The van der Waals surface area contributed by atoms with Gasteiger partial charge < -0.3 is 10.6 Å². The van der Waals surface area contributed by atoms with Gasteiger partial charge in [0, 0.05) is 36.8 Å². The van der Waals surface area contributed by atoms with Gasteiger partial charge in [-0.1, -0.05) is 0 Å². The third-order valence-corrected chi connectivity index (χ3v) is 7.83. The van der Waals surface area contributed by atoms with Crippen LogP contribution in [0.3, 0.4) is 0 Å². The first-order valence-corrected chi connectivity index (χ1v) is 11.6. The highest BCUT2D eigenvalue weighted by Gasteiger charge is 2.65. The standard InChI is InChI=1S/C22H20F3N7S/c23-22(24,25)19-13(2-1-5-27-19)17-18-20(31-30-17)29-16(8-28-18)32-6-3-14-15(9-32)21(14,11-26)12-4-7-33-10-12/h1-2,4-5,7-8,10,14-15H,3,6,9,11,26H2,(H,29,30,31). The topological polar surface area (TPSA) is 96.6 Å². The Morgan fingerprint density at radius 1 is 1.24 bits per heavy atom. The van der Waals surface area contributed by atoms with Gasteiger partial charge in [0.2, 0.25) is 5.65 Å². The van der Waals surface area contributed by atoms with Crippen LogP contribution in [-0.2, 0) is 11.6 Å². The van der Waals surface area contributed by atoms with Crippen LogP contribution in [0.15, 0.2) is 41.4 Å². The van der Waals surface area contributed by atoms with E-state index < -0.39 is 11.9 Å². The first-order chi connectivity index (χ1) is 15.9. The zero-order valence-electron chi connectivity index (χ0n) is 17.4. The lowest BCUT2D eigenvalue weighted by molar-refractivity contribution is -0.140. The summed E-state index contributed by atoms with van der Waals surface area (Å²) in [6.07, 6.45) is -0.849. The lowest BCUT2D eigenvalue weighted by atomic mass is 9.94. The SMILES string of the molecule is NCC1(c2ccsc2)C2CCN(c3cnc4c(-c5cccnc5C(F)(F)F)[nH]nc4n3)CC21. The minimum Gasteiger partial charge on any atom is -0.355 e. The third-order valence-electron chi connectivity index (χ3n) is 7.14. The van der Waals surface area contributed by atoms with Gasteiger partial charge in [0.15, 0.2) is 5.69 Å². The second-order valence-electron chi connectivity index (χ2n) is 8.60. The summed E-state index contributed by atoms with van der Waals surface area (Å²) in [4.78, 5) is 14.8. The number of nitrogens with one attached hydrogen (secondary N) is 1. The second-order valence-corrected chi connectivity index (χ2v) is 9.38. The molecule has 2 fully saturated rings. The van der Waals surface area contributed by atoms with Crippen LogP contribution in [0.5, 0.6) is 0 Å². The summed E-state index contributed by atoms with van der Waals surface area (Å²) in [6, 6.07) is 4.98. The van der Waals surface area contributed by atoms with E-state index in [1.165, 1.54) is 17.7 Å². The molecule has 4 aromatic heterocycles. The van der Waals surface area contributed by atoms with Crippen molar-refractivity contribution in [3.63, 3.8) is 0 Å². The first-order valence-electron chi connectivity index (χ1n) is 10.6. The molecular weight excluding hydrogens is 451 g/mol. The molecule has 3 N–H and O–H groups in total. The average Bonchev–Trinajstić information content (AvgIpc) is 3.18. The van der Waals surface area contributed by atoms with Crippen LogP contribution < -0.4 is 10.6 Å². The molecule has 0 amide bonds. The van der Waals surface area contributed by atoms with E-state index in [4.69, 9.17) is 5.73 Å². The van der Waals surface area contributed by atoms with Crippen molar-refractivity contribution in [1.29, 1.82) is 0 Å². The molecule has 11 heteroatoms. The summed E-state index contributed by atoms with van der Waals surface area (Å²) in [5, 5.41) is 11.1. The minimum atomic E-state index is -4.59. The number of alkyl halides is 3. The van der Waals surface area contributed by atoms with E-state index in [0.717, 1.165) is 25.7 Å². The number of aromatic nitrogens is 5. The van der Waals surface area contributed by atoms with Crippen LogP contribution in [-0.4, -0.2) is 44.8 Å². The number of pyridine rings is 1. The van der Waals surface area contributed by atoms with Crippen molar-refractivity contribution in [2.75, 3.05) is 24.5 Å². The molecule has 1 saturated carbocycles. The van der Waals surface area contributed by atoms with Crippen molar-refractivity contribution in [1.82, 2.24) is 25.1 Å². The van der Waals surface area contributed by atoms with Crippen molar-refractivity contribution in [3.05, 3.63) is 52.6 Å². The van der Waals surface area contributed by atoms with E-state index in [2.05, 4.69) is 46.9 Å². The monoisotopic (exact) mass is 471 g/mol. The molecule has 4 aromatic rings.